The zero-order valence-corrected chi connectivity index (χ0v) is 18.0. The zero-order chi connectivity index (χ0) is 18.2. The molecule has 0 aliphatic heterocycles. The number of benzene rings is 1. The number of halogens is 1. The maximum absolute atomic E-state index is 5.08. The Hall–Kier alpha value is -2.29. The van der Waals surface area contributed by atoms with E-state index in [4.69, 9.17) is 4.74 Å². The number of aromatic nitrogens is 2. The van der Waals surface area contributed by atoms with Crippen LogP contribution in [0.2, 0.25) is 0 Å². The lowest BCUT2D eigenvalue weighted by molar-refractivity contribution is 0.397. The van der Waals surface area contributed by atoms with Crippen LogP contribution >= 0.6 is 24.0 Å². The van der Waals surface area contributed by atoms with Crippen LogP contribution in [-0.4, -0.2) is 36.1 Å². The molecular formula is C20H26IN5O. The molecule has 1 aromatic carbocycles. The lowest BCUT2D eigenvalue weighted by atomic mass is 10.1. The molecule has 0 amide bonds. The van der Waals surface area contributed by atoms with Crippen molar-refractivity contribution in [1.82, 2.24) is 20.6 Å². The summed E-state index contributed by atoms with van der Waals surface area (Å²) in [7, 11) is 1.61. The zero-order valence-electron chi connectivity index (χ0n) is 15.7. The molecule has 3 aromatic rings. The number of aromatic amines is 1. The molecule has 0 unspecified atom stereocenters. The summed E-state index contributed by atoms with van der Waals surface area (Å²) in [4.78, 5) is 12.2. The molecule has 0 fully saturated rings. The average Bonchev–Trinajstić information content (AvgIpc) is 3.10. The van der Waals surface area contributed by atoms with Crippen molar-refractivity contribution in [1.29, 1.82) is 0 Å². The monoisotopic (exact) mass is 479 g/mol. The minimum atomic E-state index is 0. The second-order valence-electron chi connectivity index (χ2n) is 5.94. The molecule has 6 nitrogen and oxygen atoms in total. The Morgan fingerprint density at radius 2 is 2.04 bits per heavy atom. The number of rotatable bonds is 7. The van der Waals surface area contributed by atoms with Gasteiger partial charge in [0.1, 0.15) is 0 Å². The summed E-state index contributed by atoms with van der Waals surface area (Å²) in [6.45, 7) is 4.26. The molecule has 0 aliphatic rings. The van der Waals surface area contributed by atoms with Crippen LogP contribution in [0.4, 0.5) is 0 Å². The van der Waals surface area contributed by atoms with E-state index in [1.54, 1.807) is 13.3 Å². The van der Waals surface area contributed by atoms with Gasteiger partial charge in [0, 0.05) is 42.5 Å². The van der Waals surface area contributed by atoms with E-state index in [2.05, 4.69) is 56.9 Å². The number of aliphatic imine (C=N–C) groups is 1. The highest BCUT2D eigenvalue weighted by Gasteiger charge is 2.04. The van der Waals surface area contributed by atoms with E-state index in [-0.39, 0.29) is 24.0 Å². The van der Waals surface area contributed by atoms with Crippen LogP contribution in [0.15, 0.2) is 53.8 Å². The minimum Gasteiger partial charge on any atom is -0.481 e. The molecule has 0 aliphatic carbocycles. The summed E-state index contributed by atoms with van der Waals surface area (Å²) >= 11 is 0. The van der Waals surface area contributed by atoms with Gasteiger partial charge in [-0.3, -0.25) is 0 Å². The number of guanidine groups is 1. The number of fused-ring (bicyclic) bond motifs is 1. The summed E-state index contributed by atoms with van der Waals surface area (Å²) < 4.78 is 5.08. The van der Waals surface area contributed by atoms with Crippen LogP contribution < -0.4 is 15.4 Å². The quantitative estimate of drug-likeness (QED) is 0.276. The maximum Gasteiger partial charge on any atom is 0.212 e. The van der Waals surface area contributed by atoms with Crippen molar-refractivity contribution in [3.05, 3.63) is 59.9 Å². The molecule has 3 rings (SSSR count). The van der Waals surface area contributed by atoms with Crippen LogP contribution in [0.5, 0.6) is 5.88 Å². The Balaban J connectivity index is 0.00000261. The second kappa shape index (κ2) is 10.8. The smallest absolute Gasteiger partial charge is 0.212 e. The molecule has 0 radical (unpaired) electrons. The molecule has 7 heteroatoms. The topological polar surface area (TPSA) is 74.3 Å². The third kappa shape index (κ3) is 5.85. The summed E-state index contributed by atoms with van der Waals surface area (Å²) in [5.41, 5.74) is 3.53. The molecule has 0 saturated heterocycles. The molecule has 0 bridgehead atoms. The first kappa shape index (κ1) is 21.0. The third-order valence-electron chi connectivity index (χ3n) is 4.13. The van der Waals surface area contributed by atoms with E-state index in [0.717, 1.165) is 31.0 Å². The number of H-pyrrole nitrogens is 1. The van der Waals surface area contributed by atoms with Crippen LogP contribution in [0, 0.1) is 0 Å². The molecular weight excluding hydrogens is 453 g/mol. The highest BCUT2D eigenvalue weighted by molar-refractivity contribution is 14.0. The van der Waals surface area contributed by atoms with Gasteiger partial charge in [-0.25, -0.2) is 9.98 Å². The number of pyridine rings is 1. The summed E-state index contributed by atoms with van der Waals surface area (Å²) in [5.74, 6) is 1.42. The fourth-order valence-corrected chi connectivity index (χ4v) is 2.79. The SMILES string of the molecule is CCNC(=NCc1ccc(OC)nc1)NCCc1c[nH]c2ccccc12.I. The molecule has 3 N–H and O–H groups in total. The molecule has 2 heterocycles. The lowest BCUT2D eigenvalue weighted by Crippen LogP contribution is -2.38. The van der Waals surface area contributed by atoms with Gasteiger partial charge in [-0.05, 0) is 30.5 Å². The standard InChI is InChI=1S/C20H25N5O.HI/c1-3-21-20(25-13-15-8-9-19(26-2)24-12-15)22-11-10-16-14-23-18-7-5-4-6-17(16)18;/h4-9,12,14,23H,3,10-11,13H2,1-2H3,(H2,21,22,25);1H. The second-order valence-corrected chi connectivity index (χ2v) is 5.94. The van der Waals surface area contributed by atoms with Crippen molar-refractivity contribution in [3.63, 3.8) is 0 Å². The van der Waals surface area contributed by atoms with Gasteiger partial charge in [-0.1, -0.05) is 24.3 Å². The van der Waals surface area contributed by atoms with Crippen LogP contribution in [0.1, 0.15) is 18.1 Å². The Morgan fingerprint density at radius 3 is 2.78 bits per heavy atom. The van der Waals surface area contributed by atoms with E-state index in [9.17, 15) is 0 Å². The normalized spacial score (nSPS) is 11.1. The Labute approximate surface area is 176 Å². The van der Waals surface area contributed by atoms with Crippen molar-refractivity contribution in [2.24, 2.45) is 4.99 Å². The predicted octanol–water partition coefficient (Wildman–Crippen LogP) is 3.49. The van der Waals surface area contributed by atoms with Crippen LogP contribution in [0.25, 0.3) is 10.9 Å². The van der Waals surface area contributed by atoms with Crippen molar-refractivity contribution < 1.29 is 4.74 Å². The van der Waals surface area contributed by atoms with Crippen molar-refractivity contribution in [2.75, 3.05) is 20.2 Å². The Kier molecular flexibility index (Phi) is 8.38. The number of para-hydroxylation sites is 1. The summed E-state index contributed by atoms with van der Waals surface area (Å²) in [5, 5.41) is 7.95. The van der Waals surface area contributed by atoms with E-state index < -0.39 is 0 Å². The molecule has 0 atom stereocenters. The van der Waals surface area contributed by atoms with Crippen LogP contribution in [-0.2, 0) is 13.0 Å². The number of hydrogen-bond acceptors (Lipinski definition) is 3. The number of methoxy groups -OCH3 is 1. The predicted molar refractivity (Wildman–Crippen MR) is 121 cm³/mol. The van der Waals surface area contributed by atoms with Gasteiger partial charge in [0.2, 0.25) is 5.88 Å². The molecule has 144 valence electrons. The summed E-state index contributed by atoms with van der Waals surface area (Å²) in [6, 6.07) is 12.2. The minimum absolute atomic E-state index is 0. The van der Waals surface area contributed by atoms with E-state index >= 15 is 0 Å². The number of nitrogens with zero attached hydrogens (tertiary/aromatic N) is 2. The van der Waals surface area contributed by atoms with Gasteiger partial charge in [-0.2, -0.15) is 0 Å². The van der Waals surface area contributed by atoms with E-state index in [1.165, 1.54) is 16.5 Å². The van der Waals surface area contributed by atoms with Gasteiger partial charge in [0.05, 0.1) is 13.7 Å². The molecule has 0 spiro atoms. The Morgan fingerprint density at radius 1 is 1.19 bits per heavy atom. The van der Waals surface area contributed by atoms with E-state index in [1.807, 2.05) is 18.2 Å². The summed E-state index contributed by atoms with van der Waals surface area (Å²) in [6.07, 6.45) is 4.80. The van der Waals surface area contributed by atoms with Crippen molar-refractivity contribution in [3.8, 4) is 5.88 Å². The first-order valence-electron chi connectivity index (χ1n) is 8.86. The Bertz CT molecular complexity index is 860. The number of ether oxygens (including phenoxy) is 1. The van der Waals surface area contributed by atoms with Gasteiger partial charge >= 0.3 is 0 Å². The van der Waals surface area contributed by atoms with Gasteiger partial charge in [-0.15, -0.1) is 24.0 Å². The molecule has 27 heavy (non-hydrogen) atoms. The molecule has 0 saturated carbocycles. The van der Waals surface area contributed by atoms with Gasteiger partial charge < -0.3 is 20.4 Å². The van der Waals surface area contributed by atoms with Gasteiger partial charge in [0.25, 0.3) is 0 Å². The largest absolute Gasteiger partial charge is 0.481 e. The lowest BCUT2D eigenvalue weighted by Gasteiger charge is -2.11. The third-order valence-corrected chi connectivity index (χ3v) is 4.13. The molecule has 2 aromatic heterocycles. The highest BCUT2D eigenvalue weighted by atomic mass is 127. The first-order valence-corrected chi connectivity index (χ1v) is 8.86. The fourth-order valence-electron chi connectivity index (χ4n) is 2.79. The highest BCUT2D eigenvalue weighted by Crippen LogP contribution is 2.17. The van der Waals surface area contributed by atoms with Crippen LogP contribution in [0.3, 0.4) is 0 Å². The first-order chi connectivity index (χ1) is 12.8. The van der Waals surface area contributed by atoms with Crippen molar-refractivity contribution in [2.45, 2.75) is 19.9 Å². The number of hydrogen-bond donors (Lipinski definition) is 3. The fraction of sp³-hybridized carbons (Fsp3) is 0.300. The van der Waals surface area contributed by atoms with E-state index in [0.29, 0.717) is 12.4 Å². The average molecular weight is 479 g/mol. The maximum atomic E-state index is 5.08. The van der Waals surface area contributed by atoms with Crippen molar-refractivity contribution >= 4 is 40.8 Å². The van der Waals surface area contributed by atoms with Gasteiger partial charge in [0.15, 0.2) is 5.96 Å². The number of nitrogens with one attached hydrogen (secondary N) is 3.